The quantitative estimate of drug-likeness (QED) is 0.825. The van der Waals surface area contributed by atoms with Crippen LogP contribution in [0.4, 0.5) is 0 Å². The minimum atomic E-state index is 0.564. The number of hydrogen-bond donors (Lipinski definition) is 0. The number of benzene rings is 1. The molecule has 2 rings (SSSR count). The molecule has 0 radical (unpaired) electrons. The molecule has 0 saturated heterocycles. The van der Waals surface area contributed by atoms with Gasteiger partial charge in [0.15, 0.2) is 0 Å². The monoisotopic (exact) mass is 238 g/mol. The number of hydrogen-bond acceptors (Lipinski definition) is 4. The fourth-order valence-electron chi connectivity index (χ4n) is 1.40. The second kappa shape index (κ2) is 4.53. The van der Waals surface area contributed by atoms with E-state index in [0.29, 0.717) is 29.0 Å². The Hall–Kier alpha value is -1.55. The molecule has 0 unspecified atom stereocenters. The fourth-order valence-corrected chi connectivity index (χ4v) is 1.68. The van der Waals surface area contributed by atoms with E-state index in [4.69, 9.17) is 20.8 Å². The predicted molar refractivity (Wildman–Crippen MR) is 59.8 cm³/mol. The molecule has 0 spiro atoms. The Morgan fingerprint density at radius 3 is 2.75 bits per heavy atom. The highest BCUT2D eigenvalue weighted by Gasteiger charge is 2.06. The van der Waals surface area contributed by atoms with E-state index in [9.17, 15) is 0 Å². The summed E-state index contributed by atoms with van der Waals surface area (Å²) in [4.78, 5) is 0. The van der Waals surface area contributed by atoms with E-state index in [0.717, 1.165) is 5.56 Å². The number of nitrogens with zero attached hydrogens (tertiary/aromatic N) is 2. The minimum absolute atomic E-state index is 0.564. The highest BCUT2D eigenvalue weighted by molar-refractivity contribution is 6.32. The van der Waals surface area contributed by atoms with Gasteiger partial charge >= 0.3 is 0 Å². The number of aromatic nitrogens is 2. The zero-order chi connectivity index (χ0) is 11.5. The van der Waals surface area contributed by atoms with Crippen molar-refractivity contribution in [2.24, 2.45) is 0 Å². The standard InChI is InChI=1S/C11H11ClN2O2/c1-7-13-14-11(16-7)6-8-3-4-10(15-2)9(12)5-8/h3-5H,6H2,1-2H3. The fraction of sp³-hybridized carbons (Fsp3) is 0.273. The van der Waals surface area contributed by atoms with Gasteiger partial charge in [-0.15, -0.1) is 10.2 Å². The van der Waals surface area contributed by atoms with Crippen molar-refractivity contribution in [3.63, 3.8) is 0 Å². The van der Waals surface area contributed by atoms with Crippen molar-refractivity contribution in [1.29, 1.82) is 0 Å². The molecule has 0 N–H and O–H groups in total. The third-order valence-electron chi connectivity index (χ3n) is 2.14. The Bertz CT molecular complexity index is 496. The van der Waals surface area contributed by atoms with Gasteiger partial charge in [-0.1, -0.05) is 17.7 Å². The Balaban J connectivity index is 2.19. The molecule has 84 valence electrons. The maximum Gasteiger partial charge on any atom is 0.220 e. The lowest BCUT2D eigenvalue weighted by Gasteiger charge is -2.04. The normalized spacial score (nSPS) is 10.4. The lowest BCUT2D eigenvalue weighted by molar-refractivity contribution is 0.415. The number of ether oxygens (including phenoxy) is 1. The first-order valence-corrected chi connectivity index (χ1v) is 5.18. The van der Waals surface area contributed by atoms with Gasteiger partial charge in [-0.25, -0.2) is 0 Å². The van der Waals surface area contributed by atoms with Gasteiger partial charge in [-0.3, -0.25) is 0 Å². The summed E-state index contributed by atoms with van der Waals surface area (Å²) >= 11 is 6.01. The third kappa shape index (κ3) is 2.33. The zero-order valence-electron chi connectivity index (χ0n) is 9.03. The molecule has 0 bridgehead atoms. The molecular weight excluding hydrogens is 228 g/mol. The molecule has 16 heavy (non-hydrogen) atoms. The van der Waals surface area contributed by atoms with Crippen LogP contribution in [0.5, 0.6) is 5.75 Å². The summed E-state index contributed by atoms with van der Waals surface area (Å²) in [6, 6.07) is 5.57. The van der Waals surface area contributed by atoms with Gasteiger partial charge in [0.2, 0.25) is 11.8 Å². The van der Waals surface area contributed by atoms with Crippen LogP contribution in [0.2, 0.25) is 5.02 Å². The third-order valence-corrected chi connectivity index (χ3v) is 2.43. The highest BCUT2D eigenvalue weighted by Crippen LogP contribution is 2.25. The molecule has 4 nitrogen and oxygen atoms in total. The van der Waals surface area contributed by atoms with Crippen LogP contribution in [0.3, 0.4) is 0 Å². The van der Waals surface area contributed by atoms with E-state index in [2.05, 4.69) is 10.2 Å². The smallest absolute Gasteiger partial charge is 0.220 e. The number of aryl methyl sites for hydroxylation is 1. The molecular formula is C11H11ClN2O2. The summed E-state index contributed by atoms with van der Waals surface area (Å²) in [5, 5.41) is 8.27. The molecule has 5 heteroatoms. The van der Waals surface area contributed by atoms with Crippen molar-refractivity contribution in [2.45, 2.75) is 13.3 Å². The van der Waals surface area contributed by atoms with Gasteiger partial charge in [0.05, 0.1) is 18.6 Å². The summed E-state index contributed by atoms with van der Waals surface area (Å²) < 4.78 is 10.4. The average molecular weight is 239 g/mol. The van der Waals surface area contributed by atoms with Gasteiger partial charge in [0, 0.05) is 6.92 Å². The van der Waals surface area contributed by atoms with Crippen LogP contribution in [0.1, 0.15) is 17.3 Å². The molecule has 0 aliphatic carbocycles. The lowest BCUT2D eigenvalue weighted by atomic mass is 10.1. The van der Waals surface area contributed by atoms with E-state index >= 15 is 0 Å². The van der Waals surface area contributed by atoms with E-state index in [1.165, 1.54) is 0 Å². The molecule has 1 aromatic carbocycles. The molecule has 0 fully saturated rings. The van der Waals surface area contributed by atoms with Crippen LogP contribution in [0.25, 0.3) is 0 Å². The first-order valence-electron chi connectivity index (χ1n) is 4.80. The van der Waals surface area contributed by atoms with Crippen LogP contribution < -0.4 is 4.74 Å². The van der Waals surface area contributed by atoms with E-state index in [-0.39, 0.29) is 0 Å². The van der Waals surface area contributed by atoms with Crippen molar-refractivity contribution < 1.29 is 9.15 Å². The van der Waals surface area contributed by atoms with E-state index < -0.39 is 0 Å². The molecule has 1 heterocycles. The van der Waals surface area contributed by atoms with E-state index in [1.54, 1.807) is 14.0 Å². The van der Waals surface area contributed by atoms with Crippen LogP contribution in [-0.4, -0.2) is 17.3 Å². The Morgan fingerprint density at radius 1 is 1.38 bits per heavy atom. The molecule has 1 aromatic heterocycles. The number of halogens is 1. The van der Waals surface area contributed by atoms with Gasteiger partial charge in [-0.05, 0) is 17.7 Å². The van der Waals surface area contributed by atoms with Crippen molar-refractivity contribution in [1.82, 2.24) is 10.2 Å². The van der Waals surface area contributed by atoms with Gasteiger partial charge in [0.1, 0.15) is 5.75 Å². The highest BCUT2D eigenvalue weighted by atomic mass is 35.5. The lowest BCUT2D eigenvalue weighted by Crippen LogP contribution is -1.90. The molecule has 0 atom stereocenters. The number of methoxy groups -OCH3 is 1. The van der Waals surface area contributed by atoms with Crippen molar-refractivity contribution >= 4 is 11.6 Å². The van der Waals surface area contributed by atoms with Gasteiger partial charge in [0.25, 0.3) is 0 Å². The van der Waals surface area contributed by atoms with E-state index in [1.807, 2.05) is 18.2 Å². The first-order chi connectivity index (χ1) is 7.69. The molecule has 0 saturated carbocycles. The first kappa shape index (κ1) is 11.0. The predicted octanol–water partition coefficient (Wildman–Crippen LogP) is 2.63. The summed E-state index contributed by atoms with van der Waals surface area (Å²) in [5.74, 6) is 1.81. The molecule has 0 amide bonds. The van der Waals surface area contributed by atoms with Crippen LogP contribution in [-0.2, 0) is 6.42 Å². The van der Waals surface area contributed by atoms with Crippen molar-refractivity contribution in [3.05, 3.63) is 40.6 Å². The largest absolute Gasteiger partial charge is 0.495 e. The molecule has 0 aliphatic heterocycles. The van der Waals surface area contributed by atoms with Gasteiger partial charge in [-0.2, -0.15) is 0 Å². The Labute approximate surface area is 98.2 Å². The maximum absolute atomic E-state index is 6.01. The summed E-state index contributed by atoms with van der Waals surface area (Å²) in [7, 11) is 1.59. The summed E-state index contributed by atoms with van der Waals surface area (Å²) in [6.45, 7) is 1.76. The minimum Gasteiger partial charge on any atom is -0.495 e. The number of rotatable bonds is 3. The summed E-state index contributed by atoms with van der Waals surface area (Å²) in [6.07, 6.45) is 0.574. The van der Waals surface area contributed by atoms with Crippen molar-refractivity contribution in [3.8, 4) is 5.75 Å². The summed E-state index contributed by atoms with van der Waals surface area (Å²) in [5.41, 5.74) is 1.01. The topological polar surface area (TPSA) is 48.2 Å². The molecule has 0 aliphatic rings. The second-order valence-electron chi connectivity index (χ2n) is 3.36. The maximum atomic E-state index is 6.01. The Morgan fingerprint density at radius 2 is 2.19 bits per heavy atom. The zero-order valence-corrected chi connectivity index (χ0v) is 9.78. The molecule has 2 aromatic rings. The van der Waals surface area contributed by atoms with Crippen LogP contribution in [0.15, 0.2) is 22.6 Å². The van der Waals surface area contributed by atoms with Crippen LogP contribution in [0, 0.1) is 6.92 Å². The Kier molecular flexibility index (Phi) is 3.10. The SMILES string of the molecule is COc1ccc(Cc2nnc(C)o2)cc1Cl. The average Bonchev–Trinajstić information content (AvgIpc) is 2.64. The second-order valence-corrected chi connectivity index (χ2v) is 3.77. The van der Waals surface area contributed by atoms with Crippen LogP contribution >= 0.6 is 11.6 Å². The van der Waals surface area contributed by atoms with Crippen molar-refractivity contribution in [2.75, 3.05) is 7.11 Å². The van der Waals surface area contributed by atoms with Gasteiger partial charge < -0.3 is 9.15 Å².